The number of para-hydroxylation sites is 1. The Bertz CT molecular complexity index is 1580. The number of aliphatic hydroxyl groups excluding tert-OH is 2. The van der Waals surface area contributed by atoms with Gasteiger partial charge in [0.25, 0.3) is 0 Å². The van der Waals surface area contributed by atoms with Crippen molar-refractivity contribution in [3.05, 3.63) is 113 Å². The molecule has 0 aromatic heterocycles. The number of ether oxygens (including phenoxy) is 4. The van der Waals surface area contributed by atoms with E-state index in [1.165, 1.54) is 0 Å². The average Bonchev–Trinajstić information content (AvgIpc) is 3.01. The topological polar surface area (TPSA) is 112 Å². The van der Waals surface area contributed by atoms with Gasteiger partial charge in [0.05, 0.1) is 31.2 Å². The lowest BCUT2D eigenvalue weighted by atomic mass is 9.87. The van der Waals surface area contributed by atoms with E-state index in [4.69, 9.17) is 18.9 Å². The Morgan fingerprint density at radius 3 is 1.78 bits per heavy atom. The van der Waals surface area contributed by atoms with Crippen molar-refractivity contribution in [2.75, 3.05) is 20.3 Å². The molecule has 4 unspecified atom stereocenters. The Morgan fingerprint density at radius 2 is 1.17 bits per heavy atom. The summed E-state index contributed by atoms with van der Waals surface area (Å²) in [7, 11) is 1.56. The first-order valence-electron chi connectivity index (χ1n) is 13.3. The molecule has 2 heterocycles. The van der Waals surface area contributed by atoms with Crippen LogP contribution in [-0.4, -0.2) is 42.1 Å². The highest BCUT2D eigenvalue weighted by Gasteiger charge is 2.36. The third-order valence-electron chi connectivity index (χ3n) is 7.56. The first kappa shape index (κ1) is 26.6. The van der Waals surface area contributed by atoms with Gasteiger partial charge in [-0.3, -0.25) is 9.59 Å². The predicted molar refractivity (Wildman–Crippen MR) is 149 cm³/mol. The van der Waals surface area contributed by atoms with Gasteiger partial charge in [0.2, 0.25) is 0 Å². The van der Waals surface area contributed by atoms with E-state index >= 15 is 0 Å². The standard InChI is InChI=1S/C33H28O8/c1-38-21-10-6-19(7-11-21)30(34)27-18-40-29-16-23(14-15-25(29)33(27)37)41-22-12-8-20(9-13-22)31(35)26-17-39-28-5-3-2-4-24(28)32(26)36/h2-16,26-27,32-33,36-37H,17-18H2,1H3. The second kappa shape index (κ2) is 11.1. The molecule has 8 heteroatoms. The van der Waals surface area contributed by atoms with Gasteiger partial charge in [0.1, 0.15) is 42.0 Å². The number of hydrogen-bond acceptors (Lipinski definition) is 8. The van der Waals surface area contributed by atoms with Crippen LogP contribution in [0.5, 0.6) is 28.7 Å². The molecule has 2 N–H and O–H groups in total. The highest BCUT2D eigenvalue weighted by molar-refractivity contribution is 5.99. The van der Waals surface area contributed by atoms with Gasteiger partial charge in [-0.25, -0.2) is 0 Å². The van der Waals surface area contributed by atoms with Gasteiger partial charge in [-0.1, -0.05) is 18.2 Å². The van der Waals surface area contributed by atoms with Crippen LogP contribution in [0.4, 0.5) is 0 Å². The lowest BCUT2D eigenvalue weighted by molar-refractivity contribution is 0.0408. The number of rotatable bonds is 7. The maximum absolute atomic E-state index is 13.1. The van der Waals surface area contributed by atoms with E-state index in [-0.39, 0.29) is 24.8 Å². The molecule has 2 aliphatic heterocycles. The lowest BCUT2D eigenvalue weighted by Crippen LogP contribution is -2.32. The minimum absolute atomic E-state index is 0.0283. The van der Waals surface area contributed by atoms with Gasteiger partial charge in [-0.2, -0.15) is 0 Å². The summed E-state index contributed by atoms with van der Waals surface area (Å²) in [5.74, 6) is 0.769. The smallest absolute Gasteiger partial charge is 0.172 e. The van der Waals surface area contributed by atoms with Crippen molar-refractivity contribution in [2.24, 2.45) is 11.8 Å². The van der Waals surface area contributed by atoms with Crippen molar-refractivity contribution in [1.29, 1.82) is 0 Å². The molecule has 208 valence electrons. The minimum atomic E-state index is -1.03. The zero-order chi connectivity index (χ0) is 28.5. The lowest BCUT2D eigenvalue weighted by Gasteiger charge is -2.29. The number of methoxy groups -OCH3 is 1. The molecule has 0 saturated carbocycles. The fraction of sp³-hybridized carbons (Fsp3) is 0.212. The molecule has 0 saturated heterocycles. The van der Waals surface area contributed by atoms with E-state index in [9.17, 15) is 19.8 Å². The fourth-order valence-electron chi connectivity index (χ4n) is 5.22. The van der Waals surface area contributed by atoms with Gasteiger partial charge < -0.3 is 29.2 Å². The number of hydrogen-bond donors (Lipinski definition) is 2. The molecule has 0 fully saturated rings. The molecule has 6 rings (SSSR count). The number of carbonyl (C=O) groups excluding carboxylic acids is 2. The van der Waals surface area contributed by atoms with Gasteiger partial charge in [0.15, 0.2) is 11.6 Å². The summed E-state index contributed by atoms with van der Waals surface area (Å²) in [6, 6.07) is 25.6. The van der Waals surface area contributed by atoms with Crippen molar-refractivity contribution in [2.45, 2.75) is 12.2 Å². The van der Waals surface area contributed by atoms with E-state index in [0.29, 0.717) is 51.0 Å². The number of ketones is 2. The number of Topliss-reactive ketones (excluding diaryl/α,β-unsaturated/α-hetero) is 2. The Kier molecular flexibility index (Phi) is 7.17. The average molecular weight is 553 g/mol. The zero-order valence-electron chi connectivity index (χ0n) is 22.2. The van der Waals surface area contributed by atoms with E-state index in [1.54, 1.807) is 92.0 Å². The Balaban J connectivity index is 1.12. The van der Waals surface area contributed by atoms with E-state index in [2.05, 4.69) is 0 Å². The Labute approximate surface area is 236 Å². The molecule has 2 aliphatic rings. The van der Waals surface area contributed by atoms with Crippen LogP contribution in [0.25, 0.3) is 0 Å². The van der Waals surface area contributed by atoms with Gasteiger partial charge >= 0.3 is 0 Å². The molecule has 4 aromatic rings. The van der Waals surface area contributed by atoms with Crippen molar-refractivity contribution in [1.82, 2.24) is 0 Å². The highest BCUT2D eigenvalue weighted by atomic mass is 16.5. The second-order valence-corrected chi connectivity index (χ2v) is 10.0. The largest absolute Gasteiger partial charge is 0.497 e. The third-order valence-corrected chi connectivity index (χ3v) is 7.56. The molecule has 0 amide bonds. The van der Waals surface area contributed by atoms with Crippen LogP contribution < -0.4 is 18.9 Å². The summed E-state index contributed by atoms with van der Waals surface area (Å²) in [6.07, 6.45) is -1.97. The first-order valence-corrected chi connectivity index (χ1v) is 13.3. The quantitative estimate of drug-likeness (QED) is 0.296. The molecule has 0 spiro atoms. The van der Waals surface area contributed by atoms with Crippen molar-refractivity contribution in [3.63, 3.8) is 0 Å². The molecule has 4 aromatic carbocycles. The van der Waals surface area contributed by atoms with Crippen LogP contribution in [0.1, 0.15) is 44.1 Å². The molecule has 41 heavy (non-hydrogen) atoms. The summed E-state index contributed by atoms with van der Waals surface area (Å²) in [5, 5.41) is 21.7. The fourth-order valence-corrected chi connectivity index (χ4v) is 5.22. The van der Waals surface area contributed by atoms with E-state index in [0.717, 1.165) is 0 Å². The predicted octanol–water partition coefficient (Wildman–Crippen LogP) is 5.34. The monoisotopic (exact) mass is 552 g/mol. The summed E-state index contributed by atoms with van der Waals surface area (Å²) in [4.78, 5) is 26.2. The molecule has 0 bridgehead atoms. The maximum Gasteiger partial charge on any atom is 0.172 e. The second-order valence-electron chi connectivity index (χ2n) is 10.0. The number of carbonyl (C=O) groups is 2. The number of benzene rings is 4. The summed E-state index contributed by atoms with van der Waals surface area (Å²) in [5.41, 5.74) is 2.02. The summed E-state index contributed by atoms with van der Waals surface area (Å²) >= 11 is 0. The third kappa shape index (κ3) is 5.15. The summed E-state index contributed by atoms with van der Waals surface area (Å²) < 4.78 is 22.7. The van der Waals surface area contributed by atoms with E-state index in [1.807, 2.05) is 6.07 Å². The highest BCUT2D eigenvalue weighted by Crippen LogP contribution is 2.40. The molecule has 0 radical (unpaired) electrons. The zero-order valence-corrected chi connectivity index (χ0v) is 22.2. The van der Waals surface area contributed by atoms with Crippen molar-refractivity contribution < 1.29 is 38.7 Å². The van der Waals surface area contributed by atoms with Crippen LogP contribution in [0.15, 0.2) is 91.0 Å². The van der Waals surface area contributed by atoms with Crippen LogP contribution in [0.2, 0.25) is 0 Å². The molecule has 8 nitrogen and oxygen atoms in total. The van der Waals surface area contributed by atoms with Gasteiger partial charge in [-0.15, -0.1) is 0 Å². The molecular weight excluding hydrogens is 524 g/mol. The van der Waals surface area contributed by atoms with E-state index < -0.39 is 24.0 Å². The number of aliphatic hydroxyl groups is 2. The molecular formula is C33H28O8. The van der Waals surface area contributed by atoms with Crippen molar-refractivity contribution in [3.8, 4) is 28.7 Å². The maximum atomic E-state index is 13.1. The Morgan fingerprint density at radius 1 is 0.659 bits per heavy atom. The van der Waals surface area contributed by atoms with Crippen LogP contribution in [-0.2, 0) is 0 Å². The summed E-state index contributed by atoms with van der Waals surface area (Å²) in [6.45, 7) is 0.128. The number of fused-ring (bicyclic) bond motifs is 2. The molecule has 0 aliphatic carbocycles. The SMILES string of the molecule is COc1ccc(C(=O)C2COc3cc(Oc4ccc(C(=O)C5COc6ccccc6C5O)cc4)ccc3C2O)cc1. The molecule has 4 atom stereocenters. The van der Waals surface area contributed by atoms with Crippen molar-refractivity contribution >= 4 is 11.6 Å². The van der Waals surface area contributed by atoms with Crippen LogP contribution in [0, 0.1) is 11.8 Å². The Hall–Kier alpha value is -4.66. The van der Waals surface area contributed by atoms with Crippen LogP contribution in [0.3, 0.4) is 0 Å². The van der Waals surface area contributed by atoms with Gasteiger partial charge in [0, 0.05) is 28.3 Å². The minimum Gasteiger partial charge on any atom is -0.497 e. The normalized spacial score (nSPS) is 21.0. The van der Waals surface area contributed by atoms with Crippen LogP contribution >= 0.6 is 0 Å². The first-order chi connectivity index (χ1) is 19.9. The van der Waals surface area contributed by atoms with Gasteiger partial charge in [-0.05, 0) is 66.7 Å².